The summed E-state index contributed by atoms with van der Waals surface area (Å²) in [5, 5.41) is 5.72. The minimum atomic E-state index is -0.0399. The molecule has 0 bridgehead atoms. The highest BCUT2D eigenvalue weighted by molar-refractivity contribution is 7.03. The molecule has 0 unspecified atom stereocenters. The first-order valence-electron chi connectivity index (χ1n) is 7.03. The molecule has 3 rings (SSSR count). The van der Waals surface area contributed by atoms with Gasteiger partial charge in [-0.1, -0.05) is 11.6 Å². The van der Waals surface area contributed by atoms with Crippen LogP contribution in [0.4, 0.5) is 5.69 Å². The fourth-order valence-electron chi connectivity index (χ4n) is 2.25. The molecule has 5 nitrogen and oxygen atoms in total. The third-order valence-electron chi connectivity index (χ3n) is 3.48. The van der Waals surface area contributed by atoms with E-state index < -0.39 is 0 Å². The van der Waals surface area contributed by atoms with Crippen molar-refractivity contribution in [1.29, 1.82) is 0 Å². The molecular weight excluding hydrogens is 322 g/mol. The van der Waals surface area contributed by atoms with Crippen LogP contribution in [0.15, 0.2) is 29.8 Å². The highest BCUT2D eigenvalue weighted by Gasteiger charge is 2.20. The van der Waals surface area contributed by atoms with Gasteiger partial charge < -0.3 is 15.0 Å². The summed E-state index contributed by atoms with van der Waals surface area (Å²) in [6.07, 6.45) is 1.83. The first-order chi connectivity index (χ1) is 10.7. The third-order valence-corrected chi connectivity index (χ3v) is 4.43. The number of hydrogen-bond acceptors (Lipinski definition) is 5. The molecule has 0 radical (unpaired) electrons. The van der Waals surface area contributed by atoms with Gasteiger partial charge >= 0.3 is 0 Å². The first kappa shape index (κ1) is 15.3. The number of nitrogens with zero attached hydrogens (tertiary/aromatic N) is 2. The smallest absolute Gasteiger partial charge is 0.255 e. The molecule has 2 heterocycles. The van der Waals surface area contributed by atoms with E-state index in [1.807, 2.05) is 17.6 Å². The quantitative estimate of drug-likeness (QED) is 0.932. The topological polar surface area (TPSA) is 54.5 Å². The number of anilines is 1. The van der Waals surface area contributed by atoms with Crippen molar-refractivity contribution in [3.63, 3.8) is 0 Å². The second kappa shape index (κ2) is 7.09. The Hall–Kier alpha value is -1.63. The SMILES string of the molecule is O=C(c1ccc(NCc2cnsc2)cc1Cl)N1CCOCC1. The van der Waals surface area contributed by atoms with Gasteiger partial charge in [0.05, 0.1) is 23.8 Å². The van der Waals surface area contributed by atoms with Crippen molar-refractivity contribution in [2.24, 2.45) is 0 Å². The van der Waals surface area contributed by atoms with Gasteiger partial charge in [-0.2, -0.15) is 0 Å². The molecule has 0 saturated carbocycles. The van der Waals surface area contributed by atoms with E-state index >= 15 is 0 Å². The molecule has 1 aromatic heterocycles. The average molecular weight is 338 g/mol. The number of rotatable bonds is 4. The van der Waals surface area contributed by atoms with Crippen molar-refractivity contribution in [3.05, 3.63) is 45.9 Å². The van der Waals surface area contributed by atoms with E-state index in [1.54, 1.807) is 17.0 Å². The summed E-state index contributed by atoms with van der Waals surface area (Å²) in [5.74, 6) is -0.0399. The second-order valence-electron chi connectivity index (χ2n) is 4.99. The van der Waals surface area contributed by atoms with E-state index in [4.69, 9.17) is 16.3 Å². The predicted molar refractivity (Wildman–Crippen MR) is 87.6 cm³/mol. The molecule has 1 aromatic carbocycles. The zero-order chi connectivity index (χ0) is 15.4. The summed E-state index contributed by atoms with van der Waals surface area (Å²) in [6, 6.07) is 5.43. The van der Waals surface area contributed by atoms with Crippen LogP contribution in [0, 0.1) is 0 Å². The van der Waals surface area contributed by atoms with E-state index in [0.29, 0.717) is 43.4 Å². The minimum absolute atomic E-state index is 0.0399. The van der Waals surface area contributed by atoms with Crippen LogP contribution in [0.5, 0.6) is 0 Å². The number of ether oxygens (including phenoxy) is 1. The Morgan fingerprint density at radius 1 is 1.41 bits per heavy atom. The lowest BCUT2D eigenvalue weighted by Gasteiger charge is -2.27. The Kier molecular flexibility index (Phi) is 4.92. The van der Waals surface area contributed by atoms with Gasteiger partial charge in [-0.05, 0) is 29.7 Å². The number of benzene rings is 1. The summed E-state index contributed by atoms with van der Waals surface area (Å²) >= 11 is 7.70. The van der Waals surface area contributed by atoms with Crippen LogP contribution >= 0.6 is 23.1 Å². The normalized spacial score (nSPS) is 14.9. The van der Waals surface area contributed by atoms with Crippen molar-refractivity contribution in [1.82, 2.24) is 9.27 Å². The Balaban J connectivity index is 1.67. The first-order valence-corrected chi connectivity index (χ1v) is 8.24. The van der Waals surface area contributed by atoms with Crippen molar-refractivity contribution in [3.8, 4) is 0 Å². The number of hydrogen-bond donors (Lipinski definition) is 1. The van der Waals surface area contributed by atoms with Gasteiger partial charge in [0.1, 0.15) is 0 Å². The lowest BCUT2D eigenvalue weighted by Crippen LogP contribution is -2.40. The molecule has 1 N–H and O–H groups in total. The van der Waals surface area contributed by atoms with Crippen LogP contribution in [0.2, 0.25) is 5.02 Å². The maximum atomic E-state index is 12.4. The molecule has 1 aliphatic rings. The molecule has 1 aliphatic heterocycles. The van der Waals surface area contributed by atoms with Crippen LogP contribution < -0.4 is 5.32 Å². The maximum Gasteiger partial charge on any atom is 0.255 e. The van der Waals surface area contributed by atoms with Crippen molar-refractivity contribution in [2.75, 3.05) is 31.6 Å². The zero-order valence-electron chi connectivity index (χ0n) is 11.9. The van der Waals surface area contributed by atoms with Crippen LogP contribution in [-0.2, 0) is 11.3 Å². The van der Waals surface area contributed by atoms with Crippen molar-refractivity contribution in [2.45, 2.75) is 6.54 Å². The maximum absolute atomic E-state index is 12.4. The number of nitrogens with one attached hydrogen (secondary N) is 1. The van der Waals surface area contributed by atoms with Crippen LogP contribution in [-0.4, -0.2) is 41.5 Å². The van der Waals surface area contributed by atoms with E-state index in [1.165, 1.54) is 11.5 Å². The summed E-state index contributed by atoms with van der Waals surface area (Å²) in [5.41, 5.74) is 2.54. The summed E-state index contributed by atoms with van der Waals surface area (Å²) in [6.45, 7) is 3.07. The zero-order valence-corrected chi connectivity index (χ0v) is 13.5. The molecule has 0 aliphatic carbocycles. The summed E-state index contributed by atoms with van der Waals surface area (Å²) < 4.78 is 9.32. The standard InChI is InChI=1S/C15H16ClN3O2S/c16-14-7-12(17-8-11-9-18-22-10-11)1-2-13(14)15(20)19-3-5-21-6-4-19/h1-2,7,9-10,17H,3-6,8H2. The average Bonchev–Trinajstić information content (AvgIpc) is 3.07. The van der Waals surface area contributed by atoms with Gasteiger partial charge in [0.2, 0.25) is 0 Å². The fourth-order valence-corrected chi connectivity index (χ4v) is 3.05. The summed E-state index contributed by atoms with van der Waals surface area (Å²) in [4.78, 5) is 14.2. The fraction of sp³-hybridized carbons (Fsp3) is 0.333. The van der Waals surface area contributed by atoms with E-state index in [-0.39, 0.29) is 5.91 Å². The third kappa shape index (κ3) is 3.58. The Morgan fingerprint density at radius 3 is 2.91 bits per heavy atom. The Bertz CT molecular complexity index is 642. The van der Waals surface area contributed by atoms with Gasteiger partial charge in [0.25, 0.3) is 5.91 Å². The molecule has 116 valence electrons. The van der Waals surface area contributed by atoms with Gasteiger partial charge in [0, 0.05) is 42.5 Å². The van der Waals surface area contributed by atoms with Crippen LogP contribution in [0.3, 0.4) is 0 Å². The van der Waals surface area contributed by atoms with Crippen molar-refractivity contribution >= 4 is 34.7 Å². The Morgan fingerprint density at radius 2 is 2.23 bits per heavy atom. The molecule has 7 heteroatoms. The van der Waals surface area contributed by atoms with E-state index in [9.17, 15) is 4.79 Å². The molecule has 2 aromatic rings. The predicted octanol–water partition coefficient (Wildman–Crippen LogP) is 2.88. The molecule has 0 atom stereocenters. The molecule has 0 spiro atoms. The number of halogens is 1. The van der Waals surface area contributed by atoms with Gasteiger partial charge in [-0.3, -0.25) is 4.79 Å². The number of carbonyl (C=O) groups excluding carboxylic acids is 1. The number of aromatic nitrogens is 1. The summed E-state index contributed by atoms with van der Waals surface area (Å²) in [7, 11) is 0. The monoisotopic (exact) mass is 337 g/mol. The highest BCUT2D eigenvalue weighted by Crippen LogP contribution is 2.23. The lowest BCUT2D eigenvalue weighted by molar-refractivity contribution is 0.0303. The van der Waals surface area contributed by atoms with E-state index in [0.717, 1.165) is 11.3 Å². The molecular formula is C15H16ClN3O2S. The van der Waals surface area contributed by atoms with Crippen LogP contribution in [0.25, 0.3) is 0 Å². The number of amides is 1. The Labute approximate surface area is 138 Å². The molecule has 1 fully saturated rings. The van der Waals surface area contributed by atoms with Gasteiger partial charge in [-0.25, -0.2) is 4.37 Å². The minimum Gasteiger partial charge on any atom is -0.381 e. The molecule has 22 heavy (non-hydrogen) atoms. The lowest BCUT2D eigenvalue weighted by atomic mass is 10.1. The number of carbonyl (C=O) groups is 1. The van der Waals surface area contributed by atoms with Crippen molar-refractivity contribution < 1.29 is 9.53 Å². The van der Waals surface area contributed by atoms with Crippen LogP contribution in [0.1, 0.15) is 15.9 Å². The molecule has 1 saturated heterocycles. The van der Waals surface area contributed by atoms with Gasteiger partial charge in [-0.15, -0.1) is 0 Å². The van der Waals surface area contributed by atoms with Gasteiger partial charge in [0.15, 0.2) is 0 Å². The highest BCUT2D eigenvalue weighted by atomic mass is 35.5. The number of morpholine rings is 1. The molecule has 1 amide bonds. The second-order valence-corrected chi connectivity index (χ2v) is 6.05. The van der Waals surface area contributed by atoms with E-state index in [2.05, 4.69) is 9.69 Å². The largest absolute Gasteiger partial charge is 0.381 e.